The molecule has 1 aliphatic heterocycles. The van der Waals surface area contributed by atoms with E-state index in [9.17, 15) is 4.79 Å². The van der Waals surface area contributed by atoms with Crippen molar-refractivity contribution in [2.75, 3.05) is 18.4 Å². The van der Waals surface area contributed by atoms with Crippen molar-refractivity contribution in [3.8, 4) is 11.1 Å². The molecule has 0 aliphatic carbocycles. The fourth-order valence-corrected chi connectivity index (χ4v) is 4.90. The zero-order valence-electron chi connectivity index (χ0n) is 18.4. The number of carbonyl (C=O) groups excluding carboxylic acids is 1. The molecule has 1 aliphatic rings. The normalized spacial score (nSPS) is 14.8. The standard InChI is InChI=1S/C23H28N6OS/c1-14(2)26-23-25-13-19(17-5-9-24-10-6-17)20(28-23)18-7-11-29(12-8-18)22(30)21-15(3)27-16(4)31-21/h5-6,9-10,13-14,18H,7-8,11-12H2,1-4H3,(H,25,26,28). The Morgan fingerprint density at radius 2 is 1.87 bits per heavy atom. The van der Waals surface area contributed by atoms with Crippen LogP contribution >= 0.6 is 11.3 Å². The summed E-state index contributed by atoms with van der Waals surface area (Å²) in [6.07, 6.45) is 7.24. The second kappa shape index (κ2) is 9.09. The number of nitrogens with zero attached hydrogens (tertiary/aromatic N) is 5. The van der Waals surface area contributed by atoms with Gasteiger partial charge in [0.2, 0.25) is 5.95 Å². The largest absolute Gasteiger partial charge is 0.352 e. The van der Waals surface area contributed by atoms with Gasteiger partial charge in [-0.2, -0.15) is 0 Å². The first-order valence-corrected chi connectivity index (χ1v) is 11.5. The third-order valence-electron chi connectivity index (χ3n) is 5.49. The fraction of sp³-hybridized carbons (Fsp3) is 0.435. The van der Waals surface area contributed by atoms with Crippen LogP contribution < -0.4 is 5.32 Å². The number of amides is 1. The van der Waals surface area contributed by atoms with Gasteiger partial charge in [-0.1, -0.05) is 0 Å². The molecule has 0 spiro atoms. The summed E-state index contributed by atoms with van der Waals surface area (Å²) in [7, 11) is 0. The maximum Gasteiger partial charge on any atom is 0.265 e. The van der Waals surface area contributed by atoms with E-state index in [1.165, 1.54) is 11.3 Å². The molecule has 0 bridgehead atoms. The fourth-order valence-electron chi connectivity index (χ4n) is 4.02. The molecular weight excluding hydrogens is 408 g/mol. The maximum absolute atomic E-state index is 13.0. The lowest BCUT2D eigenvalue weighted by Crippen LogP contribution is -2.38. The Balaban J connectivity index is 1.56. The summed E-state index contributed by atoms with van der Waals surface area (Å²) in [5.41, 5.74) is 3.97. The second-order valence-corrected chi connectivity index (χ2v) is 9.44. The number of hydrogen-bond donors (Lipinski definition) is 1. The Bertz CT molecular complexity index is 1060. The van der Waals surface area contributed by atoms with E-state index in [1.54, 1.807) is 12.4 Å². The summed E-state index contributed by atoms with van der Waals surface area (Å²) >= 11 is 1.48. The van der Waals surface area contributed by atoms with Gasteiger partial charge in [0, 0.05) is 49.2 Å². The smallest absolute Gasteiger partial charge is 0.265 e. The molecule has 31 heavy (non-hydrogen) atoms. The van der Waals surface area contributed by atoms with Crippen molar-refractivity contribution in [3.63, 3.8) is 0 Å². The molecule has 0 aromatic carbocycles. The van der Waals surface area contributed by atoms with Crippen molar-refractivity contribution in [2.24, 2.45) is 0 Å². The van der Waals surface area contributed by atoms with E-state index >= 15 is 0 Å². The summed E-state index contributed by atoms with van der Waals surface area (Å²) in [5.74, 6) is 1.02. The summed E-state index contributed by atoms with van der Waals surface area (Å²) in [6, 6.07) is 4.24. The lowest BCUT2D eigenvalue weighted by Gasteiger charge is -2.32. The minimum atomic E-state index is 0.0979. The zero-order chi connectivity index (χ0) is 22.0. The van der Waals surface area contributed by atoms with Crippen LogP contribution in [0.5, 0.6) is 0 Å². The Hall–Kier alpha value is -2.87. The third kappa shape index (κ3) is 4.74. The highest BCUT2D eigenvalue weighted by Crippen LogP contribution is 2.35. The topological polar surface area (TPSA) is 83.9 Å². The van der Waals surface area contributed by atoms with Crippen molar-refractivity contribution < 1.29 is 4.79 Å². The first-order valence-electron chi connectivity index (χ1n) is 10.7. The summed E-state index contributed by atoms with van der Waals surface area (Å²) in [4.78, 5) is 33.7. The first kappa shape index (κ1) is 21.4. The molecule has 1 N–H and O–H groups in total. The molecule has 0 atom stereocenters. The lowest BCUT2D eigenvalue weighted by atomic mass is 9.89. The Morgan fingerprint density at radius 1 is 1.16 bits per heavy atom. The lowest BCUT2D eigenvalue weighted by molar-refractivity contribution is 0.0716. The number of pyridine rings is 1. The number of rotatable bonds is 5. The van der Waals surface area contributed by atoms with Crippen LogP contribution in [0.2, 0.25) is 0 Å². The minimum Gasteiger partial charge on any atom is -0.352 e. The van der Waals surface area contributed by atoms with Crippen molar-refractivity contribution in [2.45, 2.75) is 52.5 Å². The molecule has 1 saturated heterocycles. The average molecular weight is 437 g/mol. The van der Waals surface area contributed by atoms with Crippen LogP contribution in [-0.2, 0) is 0 Å². The first-order chi connectivity index (χ1) is 14.9. The summed E-state index contributed by atoms with van der Waals surface area (Å²) in [6.45, 7) is 9.44. The van der Waals surface area contributed by atoms with Gasteiger partial charge in [0.25, 0.3) is 5.91 Å². The Kier molecular flexibility index (Phi) is 6.27. The van der Waals surface area contributed by atoms with E-state index in [2.05, 4.69) is 34.1 Å². The van der Waals surface area contributed by atoms with Crippen LogP contribution in [0.3, 0.4) is 0 Å². The molecule has 4 rings (SSSR count). The van der Waals surface area contributed by atoms with Crippen LogP contribution in [0.1, 0.15) is 58.7 Å². The number of carbonyl (C=O) groups is 1. The van der Waals surface area contributed by atoms with Gasteiger partial charge < -0.3 is 10.2 Å². The van der Waals surface area contributed by atoms with Crippen LogP contribution in [0.4, 0.5) is 5.95 Å². The van der Waals surface area contributed by atoms with Crippen molar-refractivity contribution in [1.29, 1.82) is 0 Å². The highest BCUT2D eigenvalue weighted by atomic mass is 32.1. The minimum absolute atomic E-state index is 0.0979. The highest BCUT2D eigenvalue weighted by molar-refractivity contribution is 7.13. The molecular formula is C23H28N6OS. The summed E-state index contributed by atoms with van der Waals surface area (Å²) in [5, 5.41) is 4.25. The predicted molar refractivity (Wildman–Crippen MR) is 123 cm³/mol. The van der Waals surface area contributed by atoms with Crippen molar-refractivity contribution in [3.05, 3.63) is 52.0 Å². The van der Waals surface area contributed by atoms with Crippen molar-refractivity contribution in [1.82, 2.24) is 24.8 Å². The molecule has 4 heterocycles. The van der Waals surface area contributed by atoms with E-state index in [0.29, 0.717) is 19.0 Å². The van der Waals surface area contributed by atoms with Gasteiger partial charge >= 0.3 is 0 Å². The second-order valence-electron chi connectivity index (χ2n) is 8.24. The van der Waals surface area contributed by atoms with Gasteiger partial charge in [0.1, 0.15) is 4.88 Å². The Morgan fingerprint density at radius 3 is 2.48 bits per heavy atom. The van der Waals surface area contributed by atoms with Crippen molar-refractivity contribution >= 4 is 23.2 Å². The number of aromatic nitrogens is 4. The monoisotopic (exact) mass is 436 g/mol. The summed E-state index contributed by atoms with van der Waals surface area (Å²) < 4.78 is 0. The number of likely N-dealkylation sites (tertiary alicyclic amines) is 1. The number of hydrogen-bond acceptors (Lipinski definition) is 7. The van der Waals surface area contributed by atoms with Gasteiger partial charge in [0.05, 0.1) is 16.4 Å². The zero-order valence-corrected chi connectivity index (χ0v) is 19.2. The van der Waals surface area contributed by atoms with E-state index < -0.39 is 0 Å². The molecule has 1 fully saturated rings. The van der Waals surface area contributed by atoms with Crippen LogP contribution in [0.15, 0.2) is 30.7 Å². The van der Waals surface area contributed by atoms with E-state index in [1.807, 2.05) is 37.1 Å². The molecule has 7 nitrogen and oxygen atoms in total. The molecule has 162 valence electrons. The Labute approximate surface area is 187 Å². The van der Waals surface area contributed by atoms with Gasteiger partial charge in [0.15, 0.2) is 0 Å². The molecule has 8 heteroatoms. The average Bonchev–Trinajstić information content (AvgIpc) is 3.11. The van der Waals surface area contributed by atoms with Crippen LogP contribution in [0, 0.1) is 13.8 Å². The van der Waals surface area contributed by atoms with Gasteiger partial charge in [-0.25, -0.2) is 15.0 Å². The van der Waals surface area contributed by atoms with Crippen LogP contribution in [-0.4, -0.2) is 49.9 Å². The molecule has 0 radical (unpaired) electrons. The van der Waals surface area contributed by atoms with Gasteiger partial charge in [-0.15, -0.1) is 11.3 Å². The SMILES string of the molecule is Cc1nc(C)c(C(=O)N2CCC(c3nc(NC(C)C)ncc3-c3ccncc3)CC2)s1. The van der Waals surface area contributed by atoms with Gasteiger partial charge in [-0.3, -0.25) is 9.78 Å². The molecule has 1 amide bonds. The number of thiazole rings is 1. The quantitative estimate of drug-likeness (QED) is 0.636. The third-order valence-corrected chi connectivity index (χ3v) is 6.55. The number of aryl methyl sites for hydroxylation is 2. The van der Waals surface area contributed by atoms with E-state index in [0.717, 1.165) is 45.2 Å². The number of anilines is 1. The molecule has 0 unspecified atom stereocenters. The highest BCUT2D eigenvalue weighted by Gasteiger charge is 2.29. The number of piperidine rings is 1. The van der Waals surface area contributed by atoms with Crippen LogP contribution in [0.25, 0.3) is 11.1 Å². The maximum atomic E-state index is 13.0. The molecule has 3 aromatic rings. The molecule has 0 saturated carbocycles. The molecule has 3 aromatic heterocycles. The van der Waals surface area contributed by atoms with Gasteiger partial charge in [-0.05, 0) is 58.2 Å². The number of nitrogens with one attached hydrogen (secondary N) is 1. The van der Waals surface area contributed by atoms with E-state index in [-0.39, 0.29) is 17.9 Å². The van der Waals surface area contributed by atoms with E-state index in [4.69, 9.17) is 4.98 Å². The predicted octanol–water partition coefficient (Wildman–Crippen LogP) is 4.45.